The van der Waals surface area contributed by atoms with Gasteiger partial charge in [-0.15, -0.1) is 12.4 Å². The largest absolute Gasteiger partial charge is 0.489 e. The van der Waals surface area contributed by atoms with E-state index in [1.807, 2.05) is 6.20 Å². The molecular weight excluding hydrogens is 460 g/mol. The van der Waals surface area contributed by atoms with Gasteiger partial charge in [0.2, 0.25) is 5.91 Å². The molecule has 34 heavy (non-hydrogen) atoms. The van der Waals surface area contributed by atoms with Gasteiger partial charge in [0.1, 0.15) is 12.4 Å². The predicted molar refractivity (Wildman–Crippen MR) is 131 cm³/mol. The van der Waals surface area contributed by atoms with Crippen molar-refractivity contribution in [1.29, 1.82) is 0 Å². The highest BCUT2D eigenvalue weighted by molar-refractivity contribution is 5.95. The lowest BCUT2D eigenvalue weighted by Crippen LogP contribution is -2.52. The molecule has 3 aromatic rings. The van der Waals surface area contributed by atoms with Crippen LogP contribution in [0.4, 0.5) is 8.78 Å². The Labute approximate surface area is 204 Å². The van der Waals surface area contributed by atoms with Gasteiger partial charge in [0.05, 0.1) is 0 Å². The first-order chi connectivity index (χ1) is 15.9. The highest BCUT2D eigenvalue weighted by Crippen LogP contribution is 2.36. The second-order valence-corrected chi connectivity index (χ2v) is 9.38. The summed E-state index contributed by atoms with van der Waals surface area (Å²) < 4.78 is 34.0. The lowest BCUT2D eigenvalue weighted by atomic mass is 9.87. The third-order valence-corrected chi connectivity index (χ3v) is 7.38. The average molecular weight is 490 g/mol. The van der Waals surface area contributed by atoms with E-state index in [2.05, 4.69) is 16.8 Å². The molecule has 1 aromatic heterocycles. The van der Waals surface area contributed by atoms with Crippen molar-refractivity contribution < 1.29 is 18.3 Å². The Hall–Kier alpha value is -2.64. The molecule has 2 atom stereocenters. The van der Waals surface area contributed by atoms with Crippen molar-refractivity contribution >= 4 is 29.2 Å². The van der Waals surface area contributed by atoms with Crippen LogP contribution in [0.5, 0.6) is 5.75 Å². The molecule has 5 rings (SSSR count). The standard InChI is InChI=1S/C26H29F2N3O2.ClH/c1-15(22-13-30-24-8-5-16(27)11-20(22)24)9-10-31(17-3-2-4-17)18-12-21-19(26(29)32)6-7-23(28)25(21)33-14-18;/h5-8,11,13,15,17-18,30H,2-4,9-10,12,14H2,1H3,(H2,29,32);1H/t15-,18-;/m0./s1. The normalized spacial score (nSPS) is 18.6. The summed E-state index contributed by atoms with van der Waals surface area (Å²) in [5.41, 5.74) is 8.51. The highest BCUT2D eigenvalue weighted by Gasteiger charge is 2.35. The molecule has 3 N–H and O–H groups in total. The maximum atomic E-state index is 14.3. The van der Waals surface area contributed by atoms with E-state index in [1.54, 1.807) is 12.1 Å². The van der Waals surface area contributed by atoms with Crippen LogP contribution in [0.2, 0.25) is 0 Å². The van der Waals surface area contributed by atoms with Crippen molar-refractivity contribution in [3.05, 3.63) is 64.9 Å². The minimum atomic E-state index is -0.564. The van der Waals surface area contributed by atoms with Crippen LogP contribution < -0.4 is 10.5 Å². The number of hydrogen-bond acceptors (Lipinski definition) is 3. The first-order valence-electron chi connectivity index (χ1n) is 11.7. The maximum absolute atomic E-state index is 14.3. The molecule has 2 heterocycles. The lowest BCUT2D eigenvalue weighted by Gasteiger charge is -2.44. The highest BCUT2D eigenvalue weighted by atomic mass is 35.5. The van der Waals surface area contributed by atoms with Crippen molar-refractivity contribution in [2.75, 3.05) is 13.2 Å². The molecular formula is C26H30ClF2N3O2. The van der Waals surface area contributed by atoms with E-state index in [1.165, 1.54) is 24.6 Å². The van der Waals surface area contributed by atoms with Gasteiger partial charge in [-0.3, -0.25) is 9.69 Å². The van der Waals surface area contributed by atoms with Gasteiger partial charge in [0.15, 0.2) is 11.6 Å². The Morgan fingerprint density at radius 1 is 1.24 bits per heavy atom. The number of amides is 1. The Kier molecular flexibility index (Phi) is 7.14. The molecule has 182 valence electrons. The number of rotatable bonds is 7. The number of carbonyl (C=O) groups excluding carboxylic acids is 1. The second kappa shape index (κ2) is 9.92. The van der Waals surface area contributed by atoms with Crippen molar-refractivity contribution in [3.8, 4) is 5.75 Å². The van der Waals surface area contributed by atoms with Gasteiger partial charge in [-0.25, -0.2) is 8.78 Å². The quantitative estimate of drug-likeness (QED) is 0.472. The van der Waals surface area contributed by atoms with Crippen molar-refractivity contribution in [2.45, 2.75) is 57.0 Å². The number of aromatic nitrogens is 1. The van der Waals surface area contributed by atoms with Crippen LogP contribution in [0.15, 0.2) is 36.5 Å². The summed E-state index contributed by atoms with van der Waals surface area (Å²) in [5, 5.41) is 0.925. The van der Waals surface area contributed by atoms with Gasteiger partial charge in [0.25, 0.3) is 0 Å². The van der Waals surface area contributed by atoms with Crippen LogP contribution in [-0.2, 0) is 6.42 Å². The van der Waals surface area contributed by atoms with Crippen molar-refractivity contribution in [2.24, 2.45) is 5.73 Å². The first kappa shape index (κ1) is 24.5. The number of aromatic amines is 1. The number of nitrogens with zero attached hydrogens (tertiary/aromatic N) is 1. The number of fused-ring (bicyclic) bond motifs is 2. The number of nitrogens with two attached hydrogens (primary N) is 1. The van der Waals surface area contributed by atoms with E-state index in [0.29, 0.717) is 30.2 Å². The van der Waals surface area contributed by atoms with Gasteiger partial charge in [-0.1, -0.05) is 13.3 Å². The van der Waals surface area contributed by atoms with Crippen LogP contribution in [0.25, 0.3) is 10.9 Å². The molecule has 0 radical (unpaired) electrons. The first-order valence-corrected chi connectivity index (χ1v) is 11.7. The molecule has 1 aliphatic carbocycles. The van der Waals surface area contributed by atoms with Crippen LogP contribution in [-0.4, -0.2) is 41.0 Å². The van der Waals surface area contributed by atoms with E-state index in [4.69, 9.17) is 10.5 Å². The fourth-order valence-electron chi connectivity index (χ4n) is 5.28. The van der Waals surface area contributed by atoms with E-state index < -0.39 is 11.7 Å². The zero-order valence-electron chi connectivity index (χ0n) is 19.2. The fraction of sp³-hybridized carbons (Fsp3) is 0.423. The van der Waals surface area contributed by atoms with Gasteiger partial charge < -0.3 is 15.5 Å². The Bertz CT molecular complexity index is 1190. The van der Waals surface area contributed by atoms with Gasteiger partial charge in [-0.2, -0.15) is 0 Å². The summed E-state index contributed by atoms with van der Waals surface area (Å²) in [6.07, 6.45) is 6.86. The topological polar surface area (TPSA) is 71.3 Å². The van der Waals surface area contributed by atoms with Gasteiger partial charge in [-0.05, 0) is 74.0 Å². The predicted octanol–water partition coefficient (Wildman–Crippen LogP) is 5.32. The SMILES string of the molecule is C[C@@H](CCN(C1CCC1)[C@@H]1COc2c(F)ccc(C(N)=O)c2C1)c1c[nH]c2ccc(F)cc12.Cl. The zero-order valence-corrected chi connectivity index (χ0v) is 20.0. The molecule has 1 saturated carbocycles. The third-order valence-electron chi connectivity index (χ3n) is 7.38. The number of hydrogen-bond donors (Lipinski definition) is 2. The van der Waals surface area contributed by atoms with E-state index in [-0.39, 0.29) is 35.9 Å². The van der Waals surface area contributed by atoms with Gasteiger partial charge in [0, 0.05) is 40.3 Å². The molecule has 2 aliphatic rings. The van der Waals surface area contributed by atoms with Crippen LogP contribution in [0.3, 0.4) is 0 Å². The Balaban J connectivity index is 0.00000274. The molecule has 1 aliphatic heterocycles. The Morgan fingerprint density at radius 3 is 2.74 bits per heavy atom. The summed E-state index contributed by atoms with van der Waals surface area (Å²) in [6, 6.07) is 8.04. The zero-order chi connectivity index (χ0) is 23.1. The summed E-state index contributed by atoms with van der Waals surface area (Å²) >= 11 is 0. The van der Waals surface area contributed by atoms with E-state index in [0.717, 1.165) is 42.3 Å². The minimum Gasteiger partial charge on any atom is -0.489 e. The molecule has 1 amide bonds. The maximum Gasteiger partial charge on any atom is 0.249 e. The molecule has 1 fully saturated rings. The number of primary amides is 1. The summed E-state index contributed by atoms with van der Waals surface area (Å²) in [5.74, 6) is -0.860. The average Bonchev–Trinajstić information content (AvgIpc) is 3.18. The summed E-state index contributed by atoms with van der Waals surface area (Å²) in [4.78, 5) is 17.7. The van der Waals surface area contributed by atoms with E-state index in [9.17, 15) is 13.6 Å². The molecule has 0 unspecified atom stereocenters. The third kappa shape index (κ3) is 4.51. The minimum absolute atomic E-state index is 0. The number of ether oxygens (including phenoxy) is 1. The number of halogens is 3. The number of benzene rings is 2. The van der Waals surface area contributed by atoms with Crippen molar-refractivity contribution in [3.63, 3.8) is 0 Å². The molecule has 0 saturated heterocycles. The molecule has 2 aromatic carbocycles. The molecule has 0 spiro atoms. The van der Waals surface area contributed by atoms with Crippen LogP contribution in [0, 0.1) is 11.6 Å². The number of nitrogens with one attached hydrogen (secondary N) is 1. The lowest BCUT2D eigenvalue weighted by molar-refractivity contribution is 0.0409. The van der Waals surface area contributed by atoms with Crippen LogP contribution in [0.1, 0.15) is 60.0 Å². The van der Waals surface area contributed by atoms with Crippen LogP contribution >= 0.6 is 12.4 Å². The smallest absolute Gasteiger partial charge is 0.249 e. The molecule has 0 bridgehead atoms. The second-order valence-electron chi connectivity index (χ2n) is 9.38. The molecule has 8 heteroatoms. The number of carbonyl (C=O) groups is 1. The Morgan fingerprint density at radius 2 is 2.03 bits per heavy atom. The molecule has 5 nitrogen and oxygen atoms in total. The fourth-order valence-corrected chi connectivity index (χ4v) is 5.28. The van der Waals surface area contributed by atoms with Gasteiger partial charge >= 0.3 is 0 Å². The number of H-pyrrole nitrogens is 1. The van der Waals surface area contributed by atoms with E-state index >= 15 is 0 Å². The van der Waals surface area contributed by atoms with Crippen molar-refractivity contribution in [1.82, 2.24) is 9.88 Å². The monoisotopic (exact) mass is 489 g/mol. The summed E-state index contributed by atoms with van der Waals surface area (Å²) in [7, 11) is 0. The summed E-state index contributed by atoms with van der Waals surface area (Å²) in [6.45, 7) is 3.40.